The minimum absolute atomic E-state index is 0.0667. The molecule has 3 rings (SSSR count). The molecule has 1 aromatic carbocycles. The van der Waals surface area contributed by atoms with E-state index in [-0.39, 0.29) is 5.91 Å². The van der Waals surface area contributed by atoms with E-state index in [1.54, 1.807) is 7.05 Å². The zero-order valence-corrected chi connectivity index (χ0v) is 12.3. The minimum atomic E-state index is -0.0667. The van der Waals surface area contributed by atoms with Crippen molar-refractivity contribution in [1.29, 1.82) is 0 Å². The fourth-order valence-corrected chi connectivity index (χ4v) is 3.16. The van der Waals surface area contributed by atoms with Crippen molar-refractivity contribution in [3.63, 3.8) is 0 Å². The van der Waals surface area contributed by atoms with Gasteiger partial charge in [0.1, 0.15) is 0 Å². The van der Waals surface area contributed by atoms with E-state index in [2.05, 4.69) is 28.5 Å². The van der Waals surface area contributed by atoms with Gasteiger partial charge in [-0.15, -0.1) is 10.2 Å². The molecular formula is C14H16N4OS. The highest BCUT2D eigenvalue weighted by Gasteiger charge is 2.28. The molecule has 6 heteroatoms. The van der Waals surface area contributed by atoms with E-state index in [0.29, 0.717) is 16.1 Å². The molecule has 1 atom stereocenters. The van der Waals surface area contributed by atoms with E-state index >= 15 is 0 Å². The highest BCUT2D eigenvalue weighted by Crippen LogP contribution is 2.31. The van der Waals surface area contributed by atoms with E-state index in [4.69, 9.17) is 0 Å². The Hall–Kier alpha value is -1.95. The maximum absolute atomic E-state index is 12.6. The lowest BCUT2D eigenvalue weighted by atomic mass is 9.94. The van der Waals surface area contributed by atoms with Crippen LogP contribution in [0.15, 0.2) is 24.3 Å². The van der Waals surface area contributed by atoms with Crippen LogP contribution >= 0.6 is 11.3 Å². The largest absolute Gasteiger partial charge is 0.363 e. The number of carbonyl (C=O) groups excluding carboxylic acids is 1. The van der Waals surface area contributed by atoms with Gasteiger partial charge in [-0.1, -0.05) is 36.5 Å². The van der Waals surface area contributed by atoms with Crippen molar-refractivity contribution in [2.75, 3.05) is 23.8 Å². The van der Waals surface area contributed by atoms with Gasteiger partial charge in [0.15, 0.2) is 0 Å². The third-order valence-corrected chi connectivity index (χ3v) is 4.34. The van der Waals surface area contributed by atoms with Crippen LogP contribution in [0, 0.1) is 5.92 Å². The maximum atomic E-state index is 12.6. The highest BCUT2D eigenvalue weighted by atomic mass is 32.1. The standard InChI is InChI=1S/C14H16N4OS/c1-9-7-10-5-3-4-6-11(10)18(8-9)13(19)12-16-17-14(15-2)20-12/h3-6,9H,7-8H2,1-2H3,(H,15,17). The average molecular weight is 288 g/mol. The Labute approximate surface area is 121 Å². The molecule has 1 aromatic heterocycles. The number of hydrogen-bond donors (Lipinski definition) is 1. The van der Waals surface area contributed by atoms with Gasteiger partial charge in [0.05, 0.1) is 0 Å². The number of hydrogen-bond acceptors (Lipinski definition) is 5. The Kier molecular flexibility index (Phi) is 3.40. The van der Waals surface area contributed by atoms with Gasteiger partial charge >= 0.3 is 0 Å². The van der Waals surface area contributed by atoms with Gasteiger partial charge in [-0.25, -0.2) is 0 Å². The highest BCUT2D eigenvalue weighted by molar-refractivity contribution is 7.17. The van der Waals surface area contributed by atoms with Gasteiger partial charge in [-0.3, -0.25) is 4.79 Å². The molecule has 20 heavy (non-hydrogen) atoms. The van der Waals surface area contributed by atoms with Crippen LogP contribution in [0.4, 0.5) is 10.8 Å². The third-order valence-electron chi connectivity index (χ3n) is 3.41. The maximum Gasteiger partial charge on any atom is 0.289 e. The SMILES string of the molecule is CNc1nnc(C(=O)N2CC(C)Cc3ccccc32)s1. The Bertz CT molecular complexity index is 640. The van der Waals surface area contributed by atoms with Gasteiger partial charge in [0.2, 0.25) is 10.1 Å². The zero-order valence-electron chi connectivity index (χ0n) is 11.5. The first-order valence-corrected chi connectivity index (χ1v) is 7.41. The summed E-state index contributed by atoms with van der Waals surface area (Å²) in [5.74, 6) is 0.383. The van der Waals surface area contributed by atoms with E-state index in [0.717, 1.165) is 18.7 Å². The zero-order chi connectivity index (χ0) is 14.1. The summed E-state index contributed by atoms with van der Waals surface area (Å²) < 4.78 is 0. The molecule has 0 bridgehead atoms. The molecule has 1 N–H and O–H groups in total. The summed E-state index contributed by atoms with van der Waals surface area (Å²) in [6.45, 7) is 2.89. The lowest BCUT2D eigenvalue weighted by Gasteiger charge is -2.32. The molecule has 0 saturated carbocycles. The van der Waals surface area contributed by atoms with Crippen LogP contribution in [0.3, 0.4) is 0 Å². The molecule has 1 aliphatic heterocycles. The molecule has 0 saturated heterocycles. The van der Waals surface area contributed by atoms with Gasteiger partial charge in [0.25, 0.3) is 5.91 Å². The predicted molar refractivity (Wildman–Crippen MR) is 80.4 cm³/mol. The van der Waals surface area contributed by atoms with Crippen LogP contribution in [0.1, 0.15) is 22.3 Å². The quantitative estimate of drug-likeness (QED) is 0.922. The second-order valence-electron chi connectivity index (χ2n) is 5.02. The lowest BCUT2D eigenvalue weighted by molar-refractivity contribution is 0.0980. The summed E-state index contributed by atoms with van der Waals surface area (Å²) in [5.41, 5.74) is 2.22. The normalized spacial score (nSPS) is 17.7. The second-order valence-corrected chi connectivity index (χ2v) is 5.99. The summed E-state index contributed by atoms with van der Waals surface area (Å²) in [7, 11) is 1.77. The molecule has 0 fully saturated rings. The van der Waals surface area contributed by atoms with E-state index in [9.17, 15) is 4.79 Å². The van der Waals surface area contributed by atoms with Gasteiger partial charge in [-0.05, 0) is 24.0 Å². The predicted octanol–water partition coefficient (Wildman–Crippen LogP) is 2.42. The molecule has 1 aliphatic rings. The molecule has 0 radical (unpaired) electrons. The number of amides is 1. The molecule has 1 unspecified atom stereocenters. The summed E-state index contributed by atoms with van der Waals surface area (Å²) in [5, 5.41) is 11.9. The van der Waals surface area contributed by atoms with E-state index < -0.39 is 0 Å². The van der Waals surface area contributed by atoms with Crippen LogP contribution < -0.4 is 10.2 Å². The van der Waals surface area contributed by atoms with Gasteiger partial charge in [0, 0.05) is 19.3 Å². The van der Waals surface area contributed by atoms with Crippen molar-refractivity contribution < 1.29 is 4.79 Å². The van der Waals surface area contributed by atoms with Crippen LogP contribution in [-0.4, -0.2) is 29.7 Å². The van der Waals surface area contributed by atoms with Gasteiger partial charge in [-0.2, -0.15) is 0 Å². The number of nitrogens with one attached hydrogen (secondary N) is 1. The molecule has 1 amide bonds. The number of aromatic nitrogens is 2. The van der Waals surface area contributed by atoms with Crippen molar-refractivity contribution in [2.45, 2.75) is 13.3 Å². The lowest BCUT2D eigenvalue weighted by Crippen LogP contribution is -2.39. The Morgan fingerprint density at radius 3 is 2.95 bits per heavy atom. The summed E-state index contributed by atoms with van der Waals surface area (Å²) >= 11 is 1.29. The van der Waals surface area contributed by atoms with Crippen molar-refractivity contribution in [3.05, 3.63) is 34.8 Å². The first-order valence-electron chi connectivity index (χ1n) is 6.60. The number of rotatable bonds is 2. The van der Waals surface area contributed by atoms with Crippen molar-refractivity contribution in [1.82, 2.24) is 10.2 Å². The third kappa shape index (κ3) is 2.27. The fraction of sp³-hybridized carbons (Fsp3) is 0.357. The average Bonchev–Trinajstić information content (AvgIpc) is 2.94. The number of para-hydroxylation sites is 1. The number of anilines is 2. The summed E-state index contributed by atoms with van der Waals surface area (Å²) in [6.07, 6.45) is 1.01. The first-order chi connectivity index (χ1) is 9.69. The smallest absolute Gasteiger partial charge is 0.289 e. The molecule has 2 heterocycles. The molecule has 0 aliphatic carbocycles. The molecule has 104 valence electrons. The Morgan fingerprint density at radius 1 is 1.40 bits per heavy atom. The molecular weight excluding hydrogens is 272 g/mol. The minimum Gasteiger partial charge on any atom is -0.363 e. The Balaban J connectivity index is 1.95. The number of carbonyl (C=O) groups is 1. The van der Waals surface area contributed by atoms with Crippen molar-refractivity contribution in [3.8, 4) is 0 Å². The van der Waals surface area contributed by atoms with E-state index in [1.807, 2.05) is 23.1 Å². The number of benzene rings is 1. The number of fused-ring (bicyclic) bond motifs is 1. The molecule has 0 spiro atoms. The van der Waals surface area contributed by atoms with Crippen molar-refractivity contribution >= 4 is 28.1 Å². The van der Waals surface area contributed by atoms with Crippen LogP contribution in [0.2, 0.25) is 0 Å². The monoisotopic (exact) mass is 288 g/mol. The van der Waals surface area contributed by atoms with Crippen LogP contribution in [-0.2, 0) is 6.42 Å². The molecule has 5 nitrogen and oxygen atoms in total. The van der Waals surface area contributed by atoms with Crippen LogP contribution in [0.25, 0.3) is 0 Å². The van der Waals surface area contributed by atoms with Gasteiger partial charge < -0.3 is 10.2 Å². The summed E-state index contributed by atoms with van der Waals surface area (Å²) in [4.78, 5) is 14.5. The topological polar surface area (TPSA) is 58.1 Å². The fourth-order valence-electron chi connectivity index (χ4n) is 2.52. The first kappa shape index (κ1) is 13.1. The Morgan fingerprint density at radius 2 is 2.20 bits per heavy atom. The van der Waals surface area contributed by atoms with Crippen molar-refractivity contribution in [2.24, 2.45) is 5.92 Å². The second kappa shape index (κ2) is 5.20. The van der Waals surface area contributed by atoms with Crippen LogP contribution in [0.5, 0.6) is 0 Å². The van der Waals surface area contributed by atoms with E-state index in [1.165, 1.54) is 16.9 Å². The number of nitrogens with zero attached hydrogens (tertiary/aromatic N) is 3. The molecule has 2 aromatic rings. The summed E-state index contributed by atoms with van der Waals surface area (Å²) in [6, 6.07) is 8.07.